The number of halogens is 1. The summed E-state index contributed by atoms with van der Waals surface area (Å²) in [6, 6.07) is 6.39. The summed E-state index contributed by atoms with van der Waals surface area (Å²) in [4.78, 5) is 14.4. The second-order valence-electron chi connectivity index (χ2n) is 5.44. The Morgan fingerprint density at radius 2 is 2.21 bits per heavy atom. The topological polar surface area (TPSA) is 20.3 Å². The van der Waals surface area contributed by atoms with Gasteiger partial charge < -0.3 is 4.90 Å². The highest BCUT2D eigenvalue weighted by Gasteiger charge is 2.26. The van der Waals surface area contributed by atoms with Crippen molar-refractivity contribution in [3.8, 4) is 0 Å². The Hall–Kier alpha value is -1.48. The van der Waals surface area contributed by atoms with Crippen molar-refractivity contribution in [1.29, 1.82) is 0 Å². The molecular weight excluding hydrogens is 241 g/mol. The molecule has 1 fully saturated rings. The van der Waals surface area contributed by atoms with Crippen LogP contribution in [0, 0.1) is 11.7 Å². The van der Waals surface area contributed by atoms with Crippen molar-refractivity contribution < 1.29 is 9.18 Å². The number of rotatable bonds is 3. The van der Waals surface area contributed by atoms with Crippen LogP contribution in [-0.2, 0) is 4.79 Å². The first-order valence-electron chi connectivity index (χ1n) is 6.71. The van der Waals surface area contributed by atoms with Crippen LogP contribution in [0.1, 0.15) is 24.8 Å². The average molecular weight is 261 g/mol. The van der Waals surface area contributed by atoms with E-state index in [0.717, 1.165) is 36.9 Å². The zero-order chi connectivity index (χ0) is 13.8. The van der Waals surface area contributed by atoms with E-state index in [2.05, 4.69) is 0 Å². The van der Waals surface area contributed by atoms with Gasteiger partial charge in [-0.25, -0.2) is 4.39 Å². The van der Waals surface area contributed by atoms with Crippen LogP contribution in [0.5, 0.6) is 0 Å². The lowest BCUT2D eigenvalue weighted by atomic mass is 9.83. The molecule has 0 N–H and O–H groups in total. The van der Waals surface area contributed by atoms with E-state index >= 15 is 0 Å². The SMILES string of the molecule is CN(C)CC1CCCC(=Cc2cccc(F)c2)C1=O. The van der Waals surface area contributed by atoms with Gasteiger partial charge in [0.2, 0.25) is 0 Å². The quantitative estimate of drug-likeness (QED) is 0.779. The summed E-state index contributed by atoms with van der Waals surface area (Å²) >= 11 is 0. The predicted molar refractivity (Wildman–Crippen MR) is 75.3 cm³/mol. The first-order chi connectivity index (χ1) is 9.06. The van der Waals surface area contributed by atoms with Crippen LogP contribution in [0.4, 0.5) is 4.39 Å². The van der Waals surface area contributed by atoms with Crippen molar-refractivity contribution in [3.63, 3.8) is 0 Å². The highest BCUT2D eigenvalue weighted by atomic mass is 19.1. The fourth-order valence-corrected chi connectivity index (χ4v) is 2.61. The lowest BCUT2D eigenvalue weighted by Gasteiger charge is -2.25. The van der Waals surface area contributed by atoms with Crippen LogP contribution < -0.4 is 0 Å². The Bertz CT molecular complexity index is 493. The highest BCUT2D eigenvalue weighted by Crippen LogP contribution is 2.27. The van der Waals surface area contributed by atoms with E-state index in [-0.39, 0.29) is 17.5 Å². The summed E-state index contributed by atoms with van der Waals surface area (Å²) in [5.41, 5.74) is 1.61. The maximum Gasteiger partial charge on any atom is 0.163 e. The summed E-state index contributed by atoms with van der Waals surface area (Å²) in [5.74, 6) is 0.0511. The monoisotopic (exact) mass is 261 g/mol. The zero-order valence-electron chi connectivity index (χ0n) is 11.5. The molecule has 0 saturated heterocycles. The number of carbonyl (C=O) groups excluding carboxylic acids is 1. The third-order valence-corrected chi connectivity index (χ3v) is 3.46. The number of carbonyl (C=O) groups is 1. The van der Waals surface area contributed by atoms with E-state index in [1.54, 1.807) is 6.07 Å². The maximum atomic E-state index is 13.1. The van der Waals surface area contributed by atoms with Crippen molar-refractivity contribution in [3.05, 3.63) is 41.2 Å². The number of hydrogen-bond donors (Lipinski definition) is 0. The van der Waals surface area contributed by atoms with Crippen LogP contribution in [0.25, 0.3) is 6.08 Å². The third-order valence-electron chi connectivity index (χ3n) is 3.46. The number of Topliss-reactive ketones (excluding diaryl/α,β-unsaturated/α-hetero) is 1. The summed E-state index contributed by atoms with van der Waals surface area (Å²) in [6.07, 6.45) is 4.63. The van der Waals surface area contributed by atoms with Crippen LogP contribution >= 0.6 is 0 Å². The van der Waals surface area contributed by atoms with Gasteiger partial charge in [0, 0.05) is 12.5 Å². The van der Waals surface area contributed by atoms with Crippen molar-refractivity contribution in [2.75, 3.05) is 20.6 Å². The first-order valence-corrected chi connectivity index (χ1v) is 6.71. The highest BCUT2D eigenvalue weighted by molar-refractivity contribution is 6.01. The molecule has 0 aromatic heterocycles. The standard InChI is InChI=1S/C16H20FNO/c1-18(2)11-14-7-4-6-13(16(14)19)9-12-5-3-8-15(17)10-12/h3,5,8-10,14H,4,6-7,11H2,1-2H3. The molecule has 1 aromatic carbocycles. The molecule has 3 heteroatoms. The van der Waals surface area contributed by atoms with E-state index in [4.69, 9.17) is 0 Å². The van der Waals surface area contributed by atoms with Gasteiger partial charge in [-0.2, -0.15) is 0 Å². The normalized spacial score (nSPS) is 22.2. The number of nitrogens with zero attached hydrogens (tertiary/aromatic N) is 1. The Kier molecular flexibility index (Phi) is 4.48. The van der Waals surface area contributed by atoms with Gasteiger partial charge in [-0.15, -0.1) is 0 Å². The van der Waals surface area contributed by atoms with Gasteiger partial charge in [-0.3, -0.25) is 4.79 Å². The Morgan fingerprint density at radius 1 is 1.42 bits per heavy atom. The minimum absolute atomic E-state index is 0.0866. The van der Waals surface area contributed by atoms with Gasteiger partial charge >= 0.3 is 0 Å². The van der Waals surface area contributed by atoms with E-state index < -0.39 is 0 Å². The van der Waals surface area contributed by atoms with Gasteiger partial charge in [-0.05, 0) is 62.7 Å². The lowest BCUT2D eigenvalue weighted by Crippen LogP contribution is -2.31. The Morgan fingerprint density at radius 3 is 2.89 bits per heavy atom. The summed E-state index contributed by atoms with van der Waals surface area (Å²) in [7, 11) is 3.97. The molecule has 1 aliphatic carbocycles. The molecule has 0 aliphatic heterocycles. The van der Waals surface area contributed by atoms with Crippen molar-refractivity contribution in [1.82, 2.24) is 4.90 Å². The fraction of sp³-hybridized carbons (Fsp3) is 0.438. The molecule has 102 valence electrons. The van der Waals surface area contributed by atoms with Gasteiger partial charge in [0.25, 0.3) is 0 Å². The molecule has 0 spiro atoms. The molecule has 1 atom stereocenters. The zero-order valence-corrected chi connectivity index (χ0v) is 11.5. The summed E-state index contributed by atoms with van der Waals surface area (Å²) in [6.45, 7) is 0.791. The van der Waals surface area contributed by atoms with Crippen molar-refractivity contribution in [2.24, 2.45) is 5.92 Å². The molecule has 1 unspecified atom stereocenters. The van der Waals surface area contributed by atoms with Crippen LogP contribution in [0.15, 0.2) is 29.8 Å². The molecular formula is C16H20FNO. The van der Waals surface area contributed by atoms with Gasteiger partial charge in [0.05, 0.1) is 0 Å². The maximum absolute atomic E-state index is 13.1. The summed E-state index contributed by atoms with van der Waals surface area (Å²) < 4.78 is 13.1. The van der Waals surface area contributed by atoms with Crippen molar-refractivity contribution in [2.45, 2.75) is 19.3 Å². The van der Waals surface area contributed by atoms with Crippen LogP contribution in [0.2, 0.25) is 0 Å². The van der Waals surface area contributed by atoms with Crippen LogP contribution in [0.3, 0.4) is 0 Å². The van der Waals surface area contributed by atoms with E-state index in [1.807, 2.05) is 31.1 Å². The molecule has 1 aliphatic rings. The van der Waals surface area contributed by atoms with Gasteiger partial charge in [-0.1, -0.05) is 12.1 Å². The number of allylic oxidation sites excluding steroid dienone is 1. The Labute approximate surface area is 113 Å². The van der Waals surface area contributed by atoms with E-state index in [9.17, 15) is 9.18 Å². The molecule has 19 heavy (non-hydrogen) atoms. The second kappa shape index (κ2) is 6.11. The fourth-order valence-electron chi connectivity index (χ4n) is 2.61. The average Bonchev–Trinajstić information content (AvgIpc) is 2.34. The number of ketones is 1. The van der Waals surface area contributed by atoms with E-state index in [1.165, 1.54) is 12.1 Å². The molecule has 0 bridgehead atoms. The number of hydrogen-bond acceptors (Lipinski definition) is 2. The largest absolute Gasteiger partial charge is 0.309 e. The molecule has 2 rings (SSSR count). The molecule has 1 aromatic rings. The molecule has 0 amide bonds. The van der Waals surface area contributed by atoms with Crippen LogP contribution in [-0.4, -0.2) is 31.3 Å². The molecule has 0 heterocycles. The van der Waals surface area contributed by atoms with Crippen molar-refractivity contribution >= 4 is 11.9 Å². The second-order valence-corrected chi connectivity index (χ2v) is 5.44. The Balaban J connectivity index is 2.17. The van der Waals surface area contributed by atoms with Gasteiger partial charge in [0.1, 0.15) is 5.82 Å². The molecule has 0 radical (unpaired) electrons. The molecule has 1 saturated carbocycles. The van der Waals surface area contributed by atoms with Gasteiger partial charge in [0.15, 0.2) is 5.78 Å². The van der Waals surface area contributed by atoms with E-state index in [0.29, 0.717) is 0 Å². The number of benzene rings is 1. The third kappa shape index (κ3) is 3.74. The minimum atomic E-state index is -0.262. The summed E-state index contributed by atoms with van der Waals surface area (Å²) in [5, 5.41) is 0. The predicted octanol–water partition coefficient (Wildman–Crippen LogP) is 3.14. The minimum Gasteiger partial charge on any atom is -0.309 e. The first kappa shape index (κ1) is 13.9. The molecule has 2 nitrogen and oxygen atoms in total. The lowest BCUT2D eigenvalue weighted by molar-refractivity contribution is -0.120. The smallest absolute Gasteiger partial charge is 0.163 e.